The predicted molar refractivity (Wildman–Crippen MR) is 99.2 cm³/mol. The van der Waals surface area contributed by atoms with Crippen molar-refractivity contribution in [1.29, 1.82) is 0 Å². The van der Waals surface area contributed by atoms with Crippen molar-refractivity contribution >= 4 is 18.3 Å². The molecule has 1 aromatic heterocycles. The molecular formula is C18H27ClN4O. The monoisotopic (exact) mass is 350 g/mol. The molecule has 1 atom stereocenters. The van der Waals surface area contributed by atoms with Crippen LogP contribution in [0.25, 0.3) is 0 Å². The van der Waals surface area contributed by atoms with Crippen LogP contribution in [-0.2, 0) is 18.3 Å². The van der Waals surface area contributed by atoms with Gasteiger partial charge >= 0.3 is 0 Å². The second-order valence-corrected chi connectivity index (χ2v) is 6.71. The van der Waals surface area contributed by atoms with Gasteiger partial charge in [0.25, 0.3) is 0 Å². The molecule has 6 heteroatoms. The number of carbonyl (C=O) groups is 1. The topological polar surface area (TPSA) is 59.0 Å². The van der Waals surface area contributed by atoms with E-state index < -0.39 is 0 Å². The molecule has 2 rings (SSSR count). The van der Waals surface area contributed by atoms with Gasteiger partial charge in [0, 0.05) is 25.4 Å². The lowest BCUT2D eigenvalue weighted by atomic mass is 9.85. The van der Waals surface area contributed by atoms with Gasteiger partial charge in [-0.3, -0.25) is 9.48 Å². The normalized spacial score (nSPS) is 12.3. The SMILES string of the molecule is CNC(C(=O)NCC(C)(C)Cc1ccccc1)c1cnn(C)c1.Cl. The standard InChI is InChI=1S/C18H26N4O.ClH/c1-18(2,10-14-8-6-5-7-9-14)13-20-17(23)16(19-3)15-11-21-22(4)12-15;/h5-9,11-12,16,19H,10,13H2,1-4H3,(H,20,23);1H. The third kappa shape index (κ3) is 5.65. The molecule has 0 fully saturated rings. The summed E-state index contributed by atoms with van der Waals surface area (Å²) < 4.78 is 1.70. The van der Waals surface area contributed by atoms with Crippen molar-refractivity contribution in [3.05, 3.63) is 53.9 Å². The molecule has 1 amide bonds. The van der Waals surface area contributed by atoms with Gasteiger partial charge in [-0.05, 0) is 24.4 Å². The highest BCUT2D eigenvalue weighted by molar-refractivity contribution is 5.85. The first-order valence-corrected chi connectivity index (χ1v) is 7.89. The number of hydrogen-bond donors (Lipinski definition) is 2. The van der Waals surface area contributed by atoms with Crippen LogP contribution in [0.3, 0.4) is 0 Å². The molecule has 0 saturated heterocycles. The summed E-state index contributed by atoms with van der Waals surface area (Å²) in [6.07, 6.45) is 4.50. The molecule has 132 valence electrons. The van der Waals surface area contributed by atoms with Crippen LogP contribution in [0, 0.1) is 5.41 Å². The van der Waals surface area contributed by atoms with E-state index in [4.69, 9.17) is 0 Å². The van der Waals surface area contributed by atoms with Gasteiger partial charge in [0.15, 0.2) is 0 Å². The van der Waals surface area contributed by atoms with E-state index in [1.807, 2.05) is 31.4 Å². The third-order valence-electron chi connectivity index (χ3n) is 3.88. The van der Waals surface area contributed by atoms with Crippen LogP contribution in [-0.4, -0.2) is 29.3 Å². The highest BCUT2D eigenvalue weighted by Crippen LogP contribution is 2.21. The quantitative estimate of drug-likeness (QED) is 0.806. The van der Waals surface area contributed by atoms with Crippen molar-refractivity contribution in [2.24, 2.45) is 12.5 Å². The molecule has 0 bridgehead atoms. The Bertz CT molecular complexity index is 639. The van der Waals surface area contributed by atoms with E-state index in [2.05, 4.69) is 41.7 Å². The van der Waals surface area contributed by atoms with Crippen LogP contribution in [0.1, 0.15) is 31.0 Å². The fraction of sp³-hybridized carbons (Fsp3) is 0.444. The number of nitrogens with zero attached hydrogens (tertiary/aromatic N) is 2. The third-order valence-corrected chi connectivity index (χ3v) is 3.88. The van der Waals surface area contributed by atoms with Crippen molar-refractivity contribution in [3.63, 3.8) is 0 Å². The number of amides is 1. The van der Waals surface area contributed by atoms with E-state index in [9.17, 15) is 4.79 Å². The van der Waals surface area contributed by atoms with Crippen molar-refractivity contribution in [1.82, 2.24) is 20.4 Å². The van der Waals surface area contributed by atoms with Crippen LogP contribution in [0.2, 0.25) is 0 Å². The Morgan fingerprint density at radius 3 is 2.50 bits per heavy atom. The molecule has 5 nitrogen and oxygen atoms in total. The average molecular weight is 351 g/mol. The number of carbonyl (C=O) groups excluding carboxylic acids is 1. The van der Waals surface area contributed by atoms with Crippen LogP contribution >= 0.6 is 12.4 Å². The van der Waals surface area contributed by atoms with Gasteiger partial charge in [0.05, 0.1) is 6.20 Å². The predicted octanol–water partition coefficient (Wildman–Crippen LogP) is 2.49. The average Bonchev–Trinajstić information content (AvgIpc) is 2.93. The number of halogens is 1. The van der Waals surface area contributed by atoms with Crippen LogP contribution in [0.4, 0.5) is 0 Å². The molecule has 1 heterocycles. The van der Waals surface area contributed by atoms with Gasteiger partial charge in [0.2, 0.25) is 5.91 Å². The van der Waals surface area contributed by atoms with Crippen molar-refractivity contribution < 1.29 is 4.79 Å². The molecular weight excluding hydrogens is 324 g/mol. The molecule has 0 radical (unpaired) electrons. The zero-order chi connectivity index (χ0) is 16.9. The molecule has 1 aromatic carbocycles. The number of likely N-dealkylation sites (N-methyl/N-ethyl adjacent to an activating group) is 1. The fourth-order valence-electron chi connectivity index (χ4n) is 2.68. The summed E-state index contributed by atoms with van der Waals surface area (Å²) in [5, 5.41) is 10.2. The van der Waals surface area contributed by atoms with E-state index >= 15 is 0 Å². The van der Waals surface area contributed by atoms with Crippen LogP contribution in [0.5, 0.6) is 0 Å². The minimum Gasteiger partial charge on any atom is -0.354 e. The molecule has 2 N–H and O–H groups in total. The number of aromatic nitrogens is 2. The van der Waals surface area contributed by atoms with Gasteiger partial charge in [-0.15, -0.1) is 12.4 Å². The van der Waals surface area contributed by atoms with Gasteiger partial charge in [-0.25, -0.2) is 0 Å². The van der Waals surface area contributed by atoms with E-state index in [1.54, 1.807) is 17.9 Å². The molecule has 0 aliphatic carbocycles. The lowest BCUT2D eigenvalue weighted by molar-refractivity contribution is -0.123. The first kappa shape index (κ1) is 20.2. The Morgan fingerprint density at radius 2 is 1.96 bits per heavy atom. The van der Waals surface area contributed by atoms with Crippen molar-refractivity contribution in [2.75, 3.05) is 13.6 Å². The van der Waals surface area contributed by atoms with Gasteiger partial charge in [-0.1, -0.05) is 44.2 Å². The maximum Gasteiger partial charge on any atom is 0.241 e. The summed E-state index contributed by atoms with van der Waals surface area (Å²) in [6.45, 7) is 4.95. The molecule has 0 saturated carbocycles. The van der Waals surface area contributed by atoms with Gasteiger partial charge in [0.1, 0.15) is 6.04 Å². The zero-order valence-corrected chi connectivity index (χ0v) is 15.6. The Balaban J connectivity index is 0.00000288. The fourth-order valence-corrected chi connectivity index (χ4v) is 2.68. The van der Waals surface area contributed by atoms with Gasteiger partial charge < -0.3 is 10.6 Å². The number of hydrogen-bond acceptors (Lipinski definition) is 3. The lowest BCUT2D eigenvalue weighted by Crippen LogP contribution is -2.41. The summed E-state index contributed by atoms with van der Waals surface area (Å²) in [4.78, 5) is 12.5. The molecule has 24 heavy (non-hydrogen) atoms. The molecule has 0 aliphatic heterocycles. The molecule has 2 aromatic rings. The summed E-state index contributed by atoms with van der Waals surface area (Å²) in [5.41, 5.74) is 2.14. The maximum absolute atomic E-state index is 12.5. The summed E-state index contributed by atoms with van der Waals surface area (Å²) in [7, 11) is 3.63. The van der Waals surface area contributed by atoms with E-state index in [-0.39, 0.29) is 29.8 Å². The summed E-state index contributed by atoms with van der Waals surface area (Å²) in [5.74, 6) is -0.0263. The van der Waals surface area contributed by atoms with Gasteiger partial charge in [-0.2, -0.15) is 5.10 Å². The second-order valence-electron chi connectivity index (χ2n) is 6.71. The Labute approximate surface area is 150 Å². The maximum atomic E-state index is 12.5. The largest absolute Gasteiger partial charge is 0.354 e. The number of benzene rings is 1. The molecule has 0 spiro atoms. The van der Waals surface area contributed by atoms with E-state index in [0.29, 0.717) is 6.54 Å². The van der Waals surface area contributed by atoms with Crippen molar-refractivity contribution in [3.8, 4) is 0 Å². The molecule has 0 aliphatic rings. The van der Waals surface area contributed by atoms with Crippen LogP contribution in [0.15, 0.2) is 42.7 Å². The minimum atomic E-state index is -0.378. The highest BCUT2D eigenvalue weighted by atomic mass is 35.5. The summed E-state index contributed by atoms with van der Waals surface area (Å²) in [6, 6.07) is 9.97. The highest BCUT2D eigenvalue weighted by Gasteiger charge is 2.24. The number of rotatable bonds is 7. The smallest absolute Gasteiger partial charge is 0.241 e. The first-order chi connectivity index (χ1) is 10.9. The Hall–Kier alpha value is -1.85. The minimum absolute atomic E-state index is 0. The lowest BCUT2D eigenvalue weighted by Gasteiger charge is -2.26. The zero-order valence-electron chi connectivity index (χ0n) is 14.7. The second kappa shape index (κ2) is 8.85. The van der Waals surface area contributed by atoms with Crippen molar-refractivity contribution in [2.45, 2.75) is 26.3 Å². The van der Waals surface area contributed by atoms with E-state index in [1.165, 1.54) is 5.56 Å². The number of aryl methyl sites for hydroxylation is 1. The summed E-state index contributed by atoms with van der Waals surface area (Å²) >= 11 is 0. The first-order valence-electron chi connectivity index (χ1n) is 7.89. The van der Waals surface area contributed by atoms with E-state index in [0.717, 1.165) is 12.0 Å². The Morgan fingerprint density at radius 1 is 1.29 bits per heavy atom. The van der Waals surface area contributed by atoms with Crippen LogP contribution < -0.4 is 10.6 Å². The number of nitrogens with one attached hydrogen (secondary N) is 2. The Kier molecular flexibility index (Phi) is 7.45. The molecule has 1 unspecified atom stereocenters.